The fourth-order valence-electron chi connectivity index (χ4n) is 3.04. The van der Waals surface area contributed by atoms with E-state index in [4.69, 9.17) is 0 Å². The van der Waals surface area contributed by atoms with Crippen molar-refractivity contribution in [3.8, 4) is 5.75 Å². The van der Waals surface area contributed by atoms with Gasteiger partial charge in [0, 0.05) is 6.42 Å². The van der Waals surface area contributed by atoms with Crippen molar-refractivity contribution >= 4 is 30.4 Å². The number of hydrogen-bond donors (Lipinski definition) is 5. The van der Waals surface area contributed by atoms with Crippen molar-refractivity contribution in [3.05, 3.63) is 65.7 Å². The molecule has 0 fully saturated rings. The number of nitrogens with one attached hydrogen (secondary N) is 2. The van der Waals surface area contributed by atoms with E-state index in [2.05, 4.69) is 23.3 Å². The number of aromatic hydroxyl groups is 1. The van der Waals surface area contributed by atoms with Gasteiger partial charge in [-0.25, -0.2) is 4.79 Å². The molecule has 2 aromatic rings. The van der Waals surface area contributed by atoms with Crippen LogP contribution in [0, 0.1) is 5.92 Å². The predicted octanol–water partition coefficient (Wildman–Crippen LogP) is 2.19. The van der Waals surface area contributed by atoms with Crippen molar-refractivity contribution in [3.63, 3.8) is 0 Å². The minimum atomic E-state index is -1.19. The number of carbonyl (C=O) groups excluding carboxylic acids is 2. The van der Waals surface area contributed by atoms with Crippen LogP contribution in [-0.2, 0) is 27.2 Å². The summed E-state index contributed by atoms with van der Waals surface area (Å²) in [6.07, 6.45) is 0.449. The highest BCUT2D eigenvalue weighted by Crippen LogP contribution is 2.13. The number of benzene rings is 2. The van der Waals surface area contributed by atoms with Crippen molar-refractivity contribution in [2.24, 2.45) is 5.92 Å². The van der Waals surface area contributed by atoms with Crippen LogP contribution in [0.25, 0.3) is 0 Å². The number of amides is 2. The van der Waals surface area contributed by atoms with Crippen LogP contribution in [0.5, 0.6) is 5.75 Å². The zero-order valence-electron chi connectivity index (χ0n) is 17.5. The van der Waals surface area contributed by atoms with Crippen LogP contribution < -0.4 is 10.6 Å². The maximum absolute atomic E-state index is 12.8. The van der Waals surface area contributed by atoms with Gasteiger partial charge in [-0.3, -0.25) is 9.59 Å². The summed E-state index contributed by atoms with van der Waals surface area (Å²) >= 11 is 4.37. The van der Waals surface area contributed by atoms with Crippen molar-refractivity contribution in [2.75, 3.05) is 0 Å². The van der Waals surface area contributed by atoms with Crippen molar-refractivity contribution in [2.45, 2.75) is 44.0 Å². The molecule has 0 aromatic heterocycles. The molecular formula is C23H28N2O5S. The molecule has 0 aliphatic rings. The highest BCUT2D eigenvalue weighted by molar-refractivity contribution is 7.81. The van der Waals surface area contributed by atoms with E-state index in [9.17, 15) is 24.6 Å². The average molecular weight is 445 g/mol. The highest BCUT2D eigenvalue weighted by Gasteiger charge is 2.30. The zero-order chi connectivity index (χ0) is 23.0. The third-order valence-electron chi connectivity index (χ3n) is 4.81. The van der Waals surface area contributed by atoms with Gasteiger partial charge in [0.1, 0.15) is 17.8 Å². The van der Waals surface area contributed by atoms with Gasteiger partial charge >= 0.3 is 5.97 Å². The second-order valence-electron chi connectivity index (χ2n) is 7.71. The van der Waals surface area contributed by atoms with E-state index in [0.717, 1.165) is 5.56 Å². The number of aliphatic carboxylic acids is 1. The molecule has 0 aliphatic carbocycles. The summed E-state index contributed by atoms with van der Waals surface area (Å²) in [6.45, 7) is 3.54. The van der Waals surface area contributed by atoms with Gasteiger partial charge < -0.3 is 20.8 Å². The Morgan fingerprint density at radius 2 is 1.45 bits per heavy atom. The Morgan fingerprint density at radius 3 is 2.00 bits per heavy atom. The number of thiol groups is 1. The molecule has 31 heavy (non-hydrogen) atoms. The fraction of sp³-hybridized carbons (Fsp3) is 0.348. The number of hydrogen-bond acceptors (Lipinski definition) is 5. The van der Waals surface area contributed by atoms with E-state index in [1.807, 2.05) is 30.3 Å². The summed E-state index contributed by atoms with van der Waals surface area (Å²) in [6, 6.07) is 13.4. The molecule has 0 saturated heterocycles. The Kier molecular flexibility index (Phi) is 8.93. The standard InChI is InChI=1S/C23H28N2O5S/c1-14(2)20(25-21(27)19(31)13-15-6-4-3-5-7-15)22(28)24-18(23(29)30)12-16-8-10-17(26)11-9-16/h3-11,14,18-20,26,31H,12-13H2,1-2H3,(H,24,28)(H,25,27)(H,29,30)/t18-,19?,20-/m0/s1. The lowest BCUT2D eigenvalue weighted by molar-refractivity contribution is -0.142. The van der Waals surface area contributed by atoms with E-state index in [1.165, 1.54) is 12.1 Å². The van der Waals surface area contributed by atoms with Crippen LogP contribution in [-0.4, -0.2) is 45.3 Å². The third kappa shape index (κ3) is 7.64. The molecule has 0 saturated carbocycles. The topological polar surface area (TPSA) is 116 Å². The Balaban J connectivity index is 2.02. The molecule has 8 heteroatoms. The van der Waals surface area contributed by atoms with Gasteiger partial charge in [0.25, 0.3) is 0 Å². The summed E-state index contributed by atoms with van der Waals surface area (Å²) in [5, 5.41) is 23.5. The molecule has 2 aromatic carbocycles. The Hall–Kier alpha value is -3.00. The van der Waals surface area contributed by atoms with E-state index >= 15 is 0 Å². The summed E-state index contributed by atoms with van der Waals surface area (Å²) in [7, 11) is 0. The van der Waals surface area contributed by atoms with Crippen LogP contribution >= 0.6 is 12.6 Å². The van der Waals surface area contributed by atoms with E-state index in [1.54, 1.807) is 26.0 Å². The van der Waals surface area contributed by atoms with Crippen molar-refractivity contribution in [1.82, 2.24) is 10.6 Å². The second kappa shape index (κ2) is 11.4. The SMILES string of the molecule is CC(C)[C@H](NC(=O)C(S)Cc1ccccc1)C(=O)N[C@@H](Cc1ccc(O)cc1)C(=O)O. The number of carboxylic acid groups (broad SMARTS) is 1. The molecule has 0 aliphatic heterocycles. The molecule has 2 rings (SSSR count). The van der Waals surface area contributed by atoms with Crippen LogP contribution in [0.4, 0.5) is 0 Å². The van der Waals surface area contributed by atoms with Crippen molar-refractivity contribution < 1.29 is 24.6 Å². The molecule has 1 unspecified atom stereocenters. The Labute approximate surface area is 187 Å². The third-order valence-corrected chi connectivity index (χ3v) is 5.23. The predicted molar refractivity (Wildman–Crippen MR) is 121 cm³/mol. The zero-order valence-corrected chi connectivity index (χ0v) is 18.4. The molecule has 4 N–H and O–H groups in total. The summed E-state index contributed by atoms with van der Waals surface area (Å²) in [5.41, 5.74) is 1.59. The van der Waals surface area contributed by atoms with Crippen molar-refractivity contribution in [1.29, 1.82) is 0 Å². The van der Waals surface area contributed by atoms with Crippen LogP contribution in [0.1, 0.15) is 25.0 Å². The smallest absolute Gasteiger partial charge is 0.326 e. The van der Waals surface area contributed by atoms with Gasteiger partial charge in [-0.05, 0) is 35.6 Å². The largest absolute Gasteiger partial charge is 0.508 e. The summed E-state index contributed by atoms with van der Waals surface area (Å²) in [4.78, 5) is 37.1. The first kappa shape index (κ1) is 24.3. The lowest BCUT2D eigenvalue weighted by Crippen LogP contribution is -2.55. The van der Waals surface area contributed by atoms with Gasteiger partial charge in [0.15, 0.2) is 0 Å². The maximum Gasteiger partial charge on any atom is 0.326 e. The Bertz CT molecular complexity index is 887. The van der Waals surface area contributed by atoms with Gasteiger partial charge in [-0.1, -0.05) is 56.3 Å². The first-order valence-corrected chi connectivity index (χ1v) is 10.5. The minimum Gasteiger partial charge on any atom is -0.508 e. The first-order valence-electron chi connectivity index (χ1n) is 10.0. The first-order chi connectivity index (χ1) is 14.7. The van der Waals surface area contributed by atoms with Crippen LogP contribution in [0.15, 0.2) is 54.6 Å². The fourth-order valence-corrected chi connectivity index (χ4v) is 3.33. The molecular weight excluding hydrogens is 416 g/mol. The average Bonchev–Trinajstić information content (AvgIpc) is 2.73. The summed E-state index contributed by atoms with van der Waals surface area (Å²) in [5.74, 6) is -2.35. The minimum absolute atomic E-state index is 0.0450. The lowest BCUT2D eigenvalue weighted by atomic mass is 10.0. The molecule has 0 radical (unpaired) electrons. The molecule has 7 nitrogen and oxygen atoms in total. The molecule has 0 heterocycles. The number of rotatable bonds is 10. The van der Waals surface area contributed by atoms with Gasteiger partial charge in [0.2, 0.25) is 11.8 Å². The quantitative estimate of drug-likeness (QED) is 0.360. The van der Waals surface area contributed by atoms with E-state index in [0.29, 0.717) is 12.0 Å². The second-order valence-corrected chi connectivity index (χ2v) is 8.33. The van der Waals surface area contributed by atoms with Crippen LogP contribution in [0.3, 0.4) is 0 Å². The molecule has 0 bridgehead atoms. The number of phenolic OH excluding ortho intramolecular Hbond substituents is 1. The van der Waals surface area contributed by atoms with Crippen LogP contribution in [0.2, 0.25) is 0 Å². The molecule has 3 atom stereocenters. The number of carboxylic acids is 1. The normalized spacial score (nSPS) is 13.8. The lowest BCUT2D eigenvalue weighted by Gasteiger charge is -2.25. The van der Waals surface area contributed by atoms with Gasteiger partial charge in [-0.2, -0.15) is 12.6 Å². The van der Waals surface area contributed by atoms with Gasteiger partial charge in [-0.15, -0.1) is 0 Å². The summed E-state index contributed by atoms with van der Waals surface area (Å²) < 4.78 is 0. The maximum atomic E-state index is 12.8. The number of carbonyl (C=O) groups is 3. The number of phenols is 1. The van der Waals surface area contributed by atoms with Gasteiger partial charge in [0.05, 0.1) is 5.25 Å². The Morgan fingerprint density at radius 1 is 0.871 bits per heavy atom. The molecule has 166 valence electrons. The molecule has 2 amide bonds. The highest BCUT2D eigenvalue weighted by atomic mass is 32.1. The molecule has 0 spiro atoms. The van der Waals surface area contributed by atoms with E-state index < -0.39 is 35.1 Å². The monoisotopic (exact) mass is 444 g/mol. The van der Waals surface area contributed by atoms with E-state index in [-0.39, 0.29) is 18.1 Å².